The van der Waals surface area contributed by atoms with E-state index < -0.39 is 0 Å². The highest BCUT2D eigenvalue weighted by atomic mass is 16.5. The Morgan fingerprint density at radius 1 is 1.04 bits per heavy atom. The number of nitrogens with zero attached hydrogens (tertiary/aromatic N) is 5. The van der Waals surface area contributed by atoms with Crippen LogP contribution in [0.15, 0.2) is 48.9 Å². The van der Waals surface area contributed by atoms with Gasteiger partial charge in [0.1, 0.15) is 17.1 Å². The minimum Gasteiger partial charge on any atom is -0.494 e. The molecule has 1 aliphatic heterocycles. The molecule has 1 saturated heterocycles. The van der Waals surface area contributed by atoms with Crippen LogP contribution in [0.2, 0.25) is 0 Å². The van der Waals surface area contributed by atoms with Gasteiger partial charge in [0.2, 0.25) is 0 Å². The van der Waals surface area contributed by atoms with Gasteiger partial charge in [0.25, 0.3) is 0 Å². The smallest absolute Gasteiger partial charge is 0.147 e. The van der Waals surface area contributed by atoms with E-state index in [9.17, 15) is 0 Å². The zero-order valence-corrected chi connectivity index (χ0v) is 14.3. The Morgan fingerprint density at radius 2 is 1.92 bits per heavy atom. The van der Waals surface area contributed by atoms with Crippen molar-refractivity contribution in [2.45, 2.75) is 6.54 Å². The number of ether oxygens (including phenoxy) is 1. The highest BCUT2D eigenvalue weighted by Crippen LogP contribution is 2.24. The lowest BCUT2D eigenvalue weighted by atomic mass is 10.2. The van der Waals surface area contributed by atoms with Crippen molar-refractivity contribution in [1.29, 1.82) is 0 Å². The number of hydrogen-bond acceptors (Lipinski definition) is 6. The van der Waals surface area contributed by atoms with Crippen molar-refractivity contribution in [3.8, 4) is 5.75 Å². The summed E-state index contributed by atoms with van der Waals surface area (Å²) in [4.78, 5) is 18.1. The summed E-state index contributed by atoms with van der Waals surface area (Å²) in [6.07, 6.45) is 5.28. The molecule has 6 nitrogen and oxygen atoms in total. The first-order valence-corrected chi connectivity index (χ1v) is 8.49. The lowest BCUT2D eigenvalue weighted by Crippen LogP contribution is -2.46. The maximum atomic E-state index is 5.44. The van der Waals surface area contributed by atoms with E-state index in [4.69, 9.17) is 9.72 Å². The average Bonchev–Trinajstić information content (AvgIpc) is 2.69. The molecule has 25 heavy (non-hydrogen) atoms. The maximum Gasteiger partial charge on any atom is 0.147 e. The van der Waals surface area contributed by atoms with Crippen LogP contribution in [0.5, 0.6) is 5.75 Å². The van der Waals surface area contributed by atoms with Crippen molar-refractivity contribution < 1.29 is 4.74 Å². The van der Waals surface area contributed by atoms with Crippen LogP contribution in [0.1, 0.15) is 5.69 Å². The van der Waals surface area contributed by atoms with E-state index in [1.165, 1.54) is 0 Å². The van der Waals surface area contributed by atoms with Gasteiger partial charge >= 0.3 is 0 Å². The second-order valence-corrected chi connectivity index (χ2v) is 6.16. The van der Waals surface area contributed by atoms with Gasteiger partial charge in [-0.15, -0.1) is 0 Å². The zero-order valence-electron chi connectivity index (χ0n) is 14.3. The number of rotatable bonds is 4. The van der Waals surface area contributed by atoms with Crippen molar-refractivity contribution in [3.05, 3.63) is 54.6 Å². The predicted molar refractivity (Wildman–Crippen MR) is 97.8 cm³/mol. The fraction of sp³-hybridized carbons (Fsp3) is 0.316. The normalized spacial score (nSPS) is 15.5. The van der Waals surface area contributed by atoms with Gasteiger partial charge in [-0.3, -0.25) is 9.88 Å². The molecule has 0 N–H and O–H groups in total. The highest BCUT2D eigenvalue weighted by Gasteiger charge is 2.18. The van der Waals surface area contributed by atoms with E-state index in [0.29, 0.717) is 0 Å². The summed E-state index contributed by atoms with van der Waals surface area (Å²) < 4.78 is 5.44. The molecule has 0 atom stereocenters. The number of anilines is 1. The van der Waals surface area contributed by atoms with E-state index in [-0.39, 0.29) is 0 Å². The number of pyridine rings is 1. The fourth-order valence-electron chi connectivity index (χ4n) is 3.23. The number of aromatic nitrogens is 3. The monoisotopic (exact) mass is 335 g/mol. The van der Waals surface area contributed by atoms with Gasteiger partial charge in [0.05, 0.1) is 19.0 Å². The molecule has 128 valence electrons. The molecule has 0 radical (unpaired) electrons. The Kier molecular flexibility index (Phi) is 4.43. The van der Waals surface area contributed by atoms with Crippen LogP contribution in [-0.2, 0) is 6.54 Å². The number of benzene rings is 1. The fourth-order valence-corrected chi connectivity index (χ4v) is 3.23. The topological polar surface area (TPSA) is 54.4 Å². The molecule has 1 fully saturated rings. The molecule has 2 aromatic heterocycles. The second kappa shape index (κ2) is 7.03. The first kappa shape index (κ1) is 15.8. The predicted octanol–water partition coefficient (Wildman–Crippen LogP) is 2.36. The molecular formula is C19H21N5O. The standard InChI is InChI=1S/C19H21N5O/c1-25-17-4-2-3-15-5-6-16(22-19(15)17)14-23-9-11-24(12-10-23)18-13-20-7-8-21-18/h2-8,13H,9-12,14H2,1H3. The SMILES string of the molecule is COc1cccc2ccc(CN3CCN(c4cnccn4)CC3)nc12. The van der Waals surface area contributed by atoms with Gasteiger partial charge in [0, 0.05) is 50.5 Å². The minimum absolute atomic E-state index is 0.826. The Labute approximate surface area is 147 Å². The minimum atomic E-state index is 0.826. The van der Waals surface area contributed by atoms with Crippen LogP contribution in [0, 0.1) is 0 Å². The van der Waals surface area contributed by atoms with E-state index >= 15 is 0 Å². The average molecular weight is 335 g/mol. The lowest BCUT2D eigenvalue weighted by molar-refractivity contribution is 0.246. The maximum absolute atomic E-state index is 5.44. The molecule has 0 spiro atoms. The summed E-state index contributed by atoms with van der Waals surface area (Å²) >= 11 is 0. The molecule has 0 saturated carbocycles. The van der Waals surface area contributed by atoms with Crippen LogP contribution in [-0.4, -0.2) is 53.1 Å². The van der Waals surface area contributed by atoms with Gasteiger partial charge in [-0.25, -0.2) is 9.97 Å². The summed E-state index contributed by atoms with van der Waals surface area (Å²) in [5, 5.41) is 1.11. The first-order valence-electron chi connectivity index (χ1n) is 8.49. The third-order valence-electron chi connectivity index (χ3n) is 4.59. The van der Waals surface area contributed by atoms with E-state index in [1.807, 2.05) is 18.3 Å². The lowest BCUT2D eigenvalue weighted by Gasteiger charge is -2.35. The molecule has 0 aliphatic carbocycles. The van der Waals surface area contributed by atoms with Gasteiger partial charge < -0.3 is 9.64 Å². The van der Waals surface area contributed by atoms with Crippen LogP contribution < -0.4 is 9.64 Å². The molecular weight excluding hydrogens is 314 g/mol. The van der Waals surface area contributed by atoms with Gasteiger partial charge in [-0.05, 0) is 12.1 Å². The number of para-hydroxylation sites is 1. The Balaban J connectivity index is 1.44. The molecule has 3 heterocycles. The molecule has 1 aliphatic rings. The third-order valence-corrected chi connectivity index (χ3v) is 4.59. The number of piperazine rings is 1. The van der Waals surface area contributed by atoms with Gasteiger partial charge in [-0.2, -0.15) is 0 Å². The molecule has 1 aromatic carbocycles. The van der Waals surface area contributed by atoms with Crippen molar-refractivity contribution in [2.75, 3.05) is 38.2 Å². The van der Waals surface area contributed by atoms with Crippen LogP contribution in [0.3, 0.4) is 0 Å². The van der Waals surface area contributed by atoms with E-state index in [2.05, 4.69) is 38.0 Å². The van der Waals surface area contributed by atoms with Crippen molar-refractivity contribution in [3.63, 3.8) is 0 Å². The zero-order chi connectivity index (χ0) is 17.1. The number of methoxy groups -OCH3 is 1. The molecule has 3 aromatic rings. The molecule has 0 bridgehead atoms. The molecule has 6 heteroatoms. The van der Waals surface area contributed by atoms with Gasteiger partial charge in [-0.1, -0.05) is 18.2 Å². The van der Waals surface area contributed by atoms with Crippen molar-refractivity contribution in [1.82, 2.24) is 19.9 Å². The van der Waals surface area contributed by atoms with Crippen LogP contribution in [0.25, 0.3) is 10.9 Å². The van der Waals surface area contributed by atoms with Gasteiger partial charge in [0.15, 0.2) is 0 Å². The second-order valence-electron chi connectivity index (χ2n) is 6.16. The summed E-state index contributed by atoms with van der Waals surface area (Å²) in [6, 6.07) is 10.2. The quantitative estimate of drug-likeness (QED) is 0.729. The third kappa shape index (κ3) is 3.39. The summed E-state index contributed by atoms with van der Waals surface area (Å²) in [5.74, 6) is 1.78. The Bertz CT molecular complexity index is 847. The number of hydrogen-bond donors (Lipinski definition) is 0. The summed E-state index contributed by atoms with van der Waals surface area (Å²) in [7, 11) is 1.69. The Hall–Kier alpha value is -2.73. The number of fused-ring (bicyclic) bond motifs is 1. The highest BCUT2D eigenvalue weighted by molar-refractivity contribution is 5.84. The molecule has 0 amide bonds. The Morgan fingerprint density at radius 3 is 2.68 bits per heavy atom. The molecule has 4 rings (SSSR count). The van der Waals surface area contributed by atoms with Crippen LogP contribution >= 0.6 is 0 Å². The summed E-state index contributed by atoms with van der Waals surface area (Å²) in [6.45, 7) is 4.73. The van der Waals surface area contributed by atoms with Crippen LogP contribution in [0.4, 0.5) is 5.82 Å². The van der Waals surface area contributed by atoms with Crippen molar-refractivity contribution in [2.24, 2.45) is 0 Å². The van der Waals surface area contributed by atoms with E-state index in [0.717, 1.165) is 60.9 Å². The molecule has 0 unspecified atom stereocenters. The first-order chi connectivity index (χ1) is 12.3. The van der Waals surface area contributed by atoms with E-state index in [1.54, 1.807) is 19.5 Å². The summed E-state index contributed by atoms with van der Waals surface area (Å²) in [5.41, 5.74) is 2.01. The van der Waals surface area contributed by atoms with Crippen molar-refractivity contribution >= 4 is 16.7 Å². The largest absolute Gasteiger partial charge is 0.494 e.